The van der Waals surface area contributed by atoms with Gasteiger partial charge in [0, 0.05) is 23.7 Å². The zero-order valence-corrected chi connectivity index (χ0v) is 13.2. The Kier molecular flexibility index (Phi) is 3.67. The number of hydrogen-bond donors (Lipinski definition) is 1. The molecular weight excluding hydrogens is 300 g/mol. The summed E-state index contributed by atoms with van der Waals surface area (Å²) >= 11 is 0. The van der Waals surface area contributed by atoms with E-state index < -0.39 is 0 Å². The van der Waals surface area contributed by atoms with Crippen molar-refractivity contribution in [3.63, 3.8) is 0 Å². The van der Waals surface area contributed by atoms with E-state index in [2.05, 4.69) is 32.4 Å². The smallest absolute Gasteiger partial charge is 0.161 e. The fourth-order valence-corrected chi connectivity index (χ4v) is 2.66. The third-order valence-corrected chi connectivity index (χ3v) is 3.89. The monoisotopic (exact) mass is 316 g/mol. The first-order valence-electron chi connectivity index (χ1n) is 7.69. The third kappa shape index (κ3) is 2.84. The van der Waals surface area contributed by atoms with Crippen LogP contribution in [0.25, 0.3) is 11.4 Å². The summed E-state index contributed by atoms with van der Waals surface area (Å²) in [5.41, 5.74) is 4.30. The molecule has 5 heteroatoms. The molecule has 1 aliphatic rings. The number of hydrogen-bond acceptors (Lipinski definition) is 5. The molecule has 2 heterocycles. The Morgan fingerprint density at radius 1 is 1.08 bits per heavy atom. The predicted molar refractivity (Wildman–Crippen MR) is 95.0 cm³/mol. The summed E-state index contributed by atoms with van der Waals surface area (Å²) < 4.78 is 5.26. The van der Waals surface area contributed by atoms with Crippen molar-refractivity contribution in [2.24, 2.45) is 4.99 Å². The van der Waals surface area contributed by atoms with E-state index in [1.807, 2.05) is 42.6 Å². The Bertz CT molecular complexity index is 921. The molecule has 0 saturated carbocycles. The van der Waals surface area contributed by atoms with Gasteiger partial charge in [-0.05, 0) is 41.5 Å². The SMILES string of the molecule is COc1cccc(-c2nccc(Nc3ccc4c(c3)C=NC4)n2)c1. The van der Waals surface area contributed by atoms with Crippen molar-refractivity contribution in [2.75, 3.05) is 12.4 Å². The first kappa shape index (κ1) is 14.4. The van der Waals surface area contributed by atoms with Crippen LogP contribution in [0.1, 0.15) is 11.1 Å². The molecule has 0 amide bonds. The Hall–Kier alpha value is -3.21. The lowest BCUT2D eigenvalue weighted by molar-refractivity contribution is 0.415. The van der Waals surface area contributed by atoms with Crippen LogP contribution in [0.3, 0.4) is 0 Å². The maximum atomic E-state index is 5.26. The van der Waals surface area contributed by atoms with E-state index in [0.29, 0.717) is 5.82 Å². The highest BCUT2D eigenvalue weighted by molar-refractivity contribution is 5.86. The Morgan fingerprint density at radius 2 is 2.04 bits per heavy atom. The quantitative estimate of drug-likeness (QED) is 0.795. The van der Waals surface area contributed by atoms with Crippen LogP contribution >= 0.6 is 0 Å². The van der Waals surface area contributed by atoms with E-state index in [0.717, 1.165) is 34.9 Å². The summed E-state index contributed by atoms with van der Waals surface area (Å²) in [5, 5.41) is 3.33. The van der Waals surface area contributed by atoms with Gasteiger partial charge in [-0.3, -0.25) is 4.99 Å². The minimum absolute atomic E-state index is 0.654. The minimum atomic E-state index is 0.654. The summed E-state index contributed by atoms with van der Waals surface area (Å²) in [5.74, 6) is 2.19. The van der Waals surface area contributed by atoms with Gasteiger partial charge >= 0.3 is 0 Å². The molecule has 5 nitrogen and oxygen atoms in total. The summed E-state index contributed by atoms with van der Waals surface area (Å²) in [6, 6.07) is 15.8. The molecule has 0 atom stereocenters. The number of fused-ring (bicyclic) bond motifs is 1. The number of aliphatic imine (C=N–C) groups is 1. The normalized spacial score (nSPS) is 12.0. The molecule has 0 aliphatic carbocycles. The minimum Gasteiger partial charge on any atom is -0.497 e. The van der Waals surface area contributed by atoms with Gasteiger partial charge in [0.15, 0.2) is 5.82 Å². The molecule has 1 aromatic heterocycles. The molecule has 3 aromatic rings. The van der Waals surface area contributed by atoms with Gasteiger partial charge in [0.25, 0.3) is 0 Å². The number of anilines is 2. The predicted octanol–water partition coefficient (Wildman–Crippen LogP) is 3.83. The second kappa shape index (κ2) is 6.12. The molecule has 0 radical (unpaired) electrons. The molecule has 1 N–H and O–H groups in total. The van der Waals surface area contributed by atoms with Crippen molar-refractivity contribution in [3.05, 3.63) is 65.9 Å². The Balaban J connectivity index is 1.61. The van der Waals surface area contributed by atoms with Crippen molar-refractivity contribution in [1.29, 1.82) is 0 Å². The molecule has 1 aliphatic heterocycles. The van der Waals surface area contributed by atoms with E-state index in [4.69, 9.17) is 4.74 Å². The molecule has 0 unspecified atom stereocenters. The Morgan fingerprint density at radius 3 is 2.96 bits per heavy atom. The van der Waals surface area contributed by atoms with E-state index in [-0.39, 0.29) is 0 Å². The van der Waals surface area contributed by atoms with Crippen molar-refractivity contribution in [2.45, 2.75) is 6.54 Å². The number of ether oxygens (including phenoxy) is 1. The van der Waals surface area contributed by atoms with E-state index in [1.54, 1.807) is 13.3 Å². The van der Waals surface area contributed by atoms with Gasteiger partial charge in [-0.1, -0.05) is 18.2 Å². The molecule has 2 aromatic carbocycles. The summed E-state index contributed by atoms with van der Waals surface area (Å²) in [6.07, 6.45) is 3.65. The topological polar surface area (TPSA) is 59.4 Å². The van der Waals surface area contributed by atoms with Gasteiger partial charge in [0.05, 0.1) is 13.7 Å². The van der Waals surface area contributed by atoms with Crippen LogP contribution in [0.15, 0.2) is 59.7 Å². The molecule has 24 heavy (non-hydrogen) atoms. The van der Waals surface area contributed by atoms with Gasteiger partial charge in [-0.25, -0.2) is 9.97 Å². The maximum absolute atomic E-state index is 5.26. The van der Waals surface area contributed by atoms with E-state index >= 15 is 0 Å². The van der Waals surface area contributed by atoms with E-state index in [9.17, 15) is 0 Å². The van der Waals surface area contributed by atoms with Crippen LogP contribution in [0.2, 0.25) is 0 Å². The maximum Gasteiger partial charge on any atom is 0.161 e. The third-order valence-electron chi connectivity index (χ3n) is 3.89. The lowest BCUT2D eigenvalue weighted by Crippen LogP contribution is -1.98. The fourth-order valence-electron chi connectivity index (χ4n) is 2.66. The highest BCUT2D eigenvalue weighted by Crippen LogP contribution is 2.24. The first-order chi connectivity index (χ1) is 11.8. The molecule has 0 fully saturated rings. The molecule has 118 valence electrons. The average molecular weight is 316 g/mol. The van der Waals surface area contributed by atoms with E-state index in [1.165, 1.54) is 5.56 Å². The zero-order chi connectivity index (χ0) is 16.4. The number of methoxy groups -OCH3 is 1. The number of benzene rings is 2. The lowest BCUT2D eigenvalue weighted by atomic mass is 10.1. The number of nitrogens with one attached hydrogen (secondary N) is 1. The lowest BCUT2D eigenvalue weighted by Gasteiger charge is -2.09. The van der Waals surface area contributed by atoms with Crippen LogP contribution < -0.4 is 10.1 Å². The van der Waals surface area contributed by atoms with Crippen molar-refractivity contribution < 1.29 is 4.74 Å². The van der Waals surface area contributed by atoms with Gasteiger partial charge in [0.1, 0.15) is 11.6 Å². The first-order valence-corrected chi connectivity index (χ1v) is 7.69. The van der Waals surface area contributed by atoms with Crippen LogP contribution in [0.5, 0.6) is 5.75 Å². The highest BCUT2D eigenvalue weighted by Gasteiger charge is 2.08. The van der Waals surface area contributed by atoms with Crippen molar-refractivity contribution >= 4 is 17.7 Å². The van der Waals surface area contributed by atoms with Gasteiger partial charge in [-0.2, -0.15) is 0 Å². The molecule has 4 rings (SSSR count). The van der Waals surface area contributed by atoms with Crippen molar-refractivity contribution in [1.82, 2.24) is 9.97 Å². The zero-order valence-electron chi connectivity index (χ0n) is 13.2. The summed E-state index contributed by atoms with van der Waals surface area (Å²) in [7, 11) is 1.65. The number of nitrogens with zero attached hydrogens (tertiary/aromatic N) is 3. The van der Waals surface area contributed by atoms with Crippen molar-refractivity contribution in [3.8, 4) is 17.1 Å². The van der Waals surface area contributed by atoms with Gasteiger partial charge in [0.2, 0.25) is 0 Å². The fraction of sp³-hybridized carbons (Fsp3) is 0.105. The molecular formula is C19H16N4O. The average Bonchev–Trinajstić information content (AvgIpc) is 3.10. The highest BCUT2D eigenvalue weighted by atomic mass is 16.5. The van der Waals surface area contributed by atoms with Crippen LogP contribution in [0.4, 0.5) is 11.5 Å². The summed E-state index contributed by atoms with van der Waals surface area (Å²) in [6.45, 7) is 0.767. The standard InChI is InChI=1S/C19H16N4O/c1-24-17-4-2-3-13(10-17)19-21-8-7-18(23-19)22-16-6-5-14-11-20-12-15(14)9-16/h2-10,12H,11H2,1H3,(H,21,22,23). The second-order valence-corrected chi connectivity index (χ2v) is 5.51. The van der Waals surface area contributed by atoms with Gasteiger partial charge < -0.3 is 10.1 Å². The van der Waals surface area contributed by atoms with Crippen LogP contribution in [-0.4, -0.2) is 23.3 Å². The molecule has 0 bridgehead atoms. The molecule has 0 saturated heterocycles. The largest absolute Gasteiger partial charge is 0.497 e. The molecule has 0 spiro atoms. The number of rotatable bonds is 4. The Labute approximate surface area is 140 Å². The number of aromatic nitrogens is 2. The van der Waals surface area contributed by atoms with Crippen LogP contribution in [-0.2, 0) is 6.54 Å². The van der Waals surface area contributed by atoms with Crippen LogP contribution in [0, 0.1) is 0 Å². The summed E-state index contributed by atoms with van der Waals surface area (Å²) in [4.78, 5) is 13.2. The second-order valence-electron chi connectivity index (χ2n) is 5.51. The van der Waals surface area contributed by atoms with Gasteiger partial charge in [-0.15, -0.1) is 0 Å².